The van der Waals surface area contributed by atoms with Gasteiger partial charge in [-0.05, 0) is 193 Å². The molecule has 2 heterocycles. The Morgan fingerprint density at radius 3 is 1.02 bits per heavy atom. The molecule has 0 aliphatic carbocycles. The van der Waals surface area contributed by atoms with Gasteiger partial charge in [0.25, 0.3) is 0 Å². The molecule has 476 valence electrons. The van der Waals surface area contributed by atoms with Gasteiger partial charge in [0.1, 0.15) is 0 Å². The Balaban J connectivity index is 0.000000138. The number of fused-ring (bicyclic) bond motifs is 18. The van der Waals surface area contributed by atoms with E-state index in [1.807, 2.05) is 22.7 Å². The molecule has 0 atom stereocenters. The van der Waals surface area contributed by atoms with Crippen LogP contribution < -0.4 is 9.80 Å². The number of hydrogen-bond donors (Lipinski definition) is 0. The van der Waals surface area contributed by atoms with Crippen LogP contribution in [0.5, 0.6) is 0 Å². The van der Waals surface area contributed by atoms with Crippen molar-refractivity contribution in [2.75, 3.05) is 9.80 Å². The quantitative estimate of drug-likeness (QED) is 0.133. The predicted molar refractivity (Wildman–Crippen MR) is 444 cm³/mol. The number of rotatable bonds is 9. The van der Waals surface area contributed by atoms with Crippen molar-refractivity contribution in [3.63, 3.8) is 0 Å². The monoisotopic (exact) mass is 1330 g/mol. The molecule has 4 heteroatoms. The van der Waals surface area contributed by atoms with Gasteiger partial charge in [0.05, 0.1) is 5.69 Å². The van der Waals surface area contributed by atoms with Crippen LogP contribution in [0.15, 0.2) is 376 Å². The zero-order valence-corrected chi connectivity index (χ0v) is 57.1. The number of benzene rings is 19. The summed E-state index contributed by atoms with van der Waals surface area (Å²) in [7, 11) is 0. The molecular weight excluding hydrogens is 1270 g/mol. The van der Waals surface area contributed by atoms with Crippen molar-refractivity contribution >= 4 is 183 Å². The molecule has 0 saturated heterocycles. The Kier molecular flexibility index (Phi) is 14.3. The van der Waals surface area contributed by atoms with Crippen LogP contribution in [0.25, 0.3) is 160 Å². The lowest BCUT2D eigenvalue weighted by molar-refractivity contribution is 1.30. The molecule has 2 nitrogen and oxygen atoms in total. The van der Waals surface area contributed by atoms with Crippen molar-refractivity contribution in [1.82, 2.24) is 0 Å². The first-order chi connectivity index (χ1) is 50.5. The van der Waals surface area contributed by atoms with E-state index < -0.39 is 0 Å². The molecule has 0 N–H and O–H groups in total. The summed E-state index contributed by atoms with van der Waals surface area (Å²) in [5, 5.41) is 25.5. The summed E-state index contributed by atoms with van der Waals surface area (Å²) in [5.41, 5.74) is 14.2. The molecule has 0 bridgehead atoms. The lowest BCUT2D eigenvalue weighted by Crippen LogP contribution is -2.10. The molecule has 21 rings (SSSR count). The molecule has 2 aromatic heterocycles. The Morgan fingerprint density at radius 2 is 0.480 bits per heavy atom. The fourth-order valence-electron chi connectivity index (χ4n) is 15.9. The van der Waals surface area contributed by atoms with E-state index in [2.05, 4.69) is 386 Å². The Bertz CT molecular complexity index is 6870. The highest BCUT2D eigenvalue weighted by Gasteiger charge is 2.21. The second-order valence-electron chi connectivity index (χ2n) is 26.6. The second kappa shape index (κ2) is 24.6. The summed E-state index contributed by atoms with van der Waals surface area (Å²) in [6, 6.07) is 138. The van der Waals surface area contributed by atoms with E-state index in [-0.39, 0.29) is 0 Å². The molecule has 0 unspecified atom stereocenters. The van der Waals surface area contributed by atoms with E-state index in [1.54, 1.807) is 0 Å². The van der Waals surface area contributed by atoms with Crippen LogP contribution in [0, 0.1) is 0 Å². The van der Waals surface area contributed by atoms with Gasteiger partial charge in [0.15, 0.2) is 0 Å². The predicted octanol–water partition coefficient (Wildman–Crippen LogP) is 29.3. The van der Waals surface area contributed by atoms with E-state index in [0.29, 0.717) is 0 Å². The van der Waals surface area contributed by atoms with Crippen LogP contribution in [-0.2, 0) is 0 Å². The third kappa shape index (κ3) is 10.2. The molecule has 0 spiro atoms. The normalized spacial score (nSPS) is 11.7. The SMILES string of the molecule is c1ccc2c(-c3ccc(-c4ccc(N(c5ccc6c(ccc7c8ccccc8sc67)c5)c5cc6ccccc6c6ccccc56)cc4)cc3)cccc2c1.c1ccc2c(-c3ccc(N(c4ccc5c(ccc6ccccc65)c4)c4ccc5c(ccc6c7ccccc7sc56)c4)cc3)cccc2c1. The van der Waals surface area contributed by atoms with E-state index >= 15 is 0 Å². The molecule has 21 aromatic rings. The topological polar surface area (TPSA) is 6.48 Å². The number of nitrogens with zero attached hydrogens (tertiary/aromatic N) is 2. The standard InChI is InChI=1S/C52H33NS.C46H29NS/c1-3-13-42-36(10-1)12-9-18-43(42)37-22-20-34(21-23-37)35-24-27-40(28-25-35)53(50-33-38-11-2-4-14-44(38)46-15-5-6-16-47(46)50)41-29-31-45-39(32-41)26-30-49-48-17-7-8-19-51(48)54-52(45)49;1-3-11-38-30(8-1)10-7-14-40(38)32-18-21-35(22-19-32)47(36-23-26-41-33(28-36)17-16-31-9-2-4-12-39(31)41)37-24-27-42-34(29-37)20-25-44-43-13-5-6-15-45(43)48-46(42)44/h1-33H;1-29H. The maximum absolute atomic E-state index is 2.44. The molecule has 0 aliphatic heterocycles. The fourth-order valence-corrected chi connectivity index (χ4v) is 18.4. The van der Waals surface area contributed by atoms with Gasteiger partial charge >= 0.3 is 0 Å². The smallest absolute Gasteiger partial charge is 0.0546 e. The Morgan fingerprint density at radius 1 is 0.167 bits per heavy atom. The average Bonchev–Trinajstić information content (AvgIpc) is 1.23. The molecule has 0 radical (unpaired) electrons. The summed E-state index contributed by atoms with van der Waals surface area (Å²) in [5.74, 6) is 0. The molecule has 0 saturated carbocycles. The van der Waals surface area contributed by atoms with E-state index in [0.717, 1.165) is 28.4 Å². The van der Waals surface area contributed by atoms with E-state index in [1.165, 1.54) is 166 Å². The van der Waals surface area contributed by atoms with Gasteiger partial charge in [-0.3, -0.25) is 0 Å². The highest BCUT2D eigenvalue weighted by Crippen LogP contribution is 2.48. The van der Waals surface area contributed by atoms with Gasteiger partial charge < -0.3 is 9.80 Å². The first-order valence-corrected chi connectivity index (χ1v) is 36.6. The number of anilines is 6. The van der Waals surface area contributed by atoms with Gasteiger partial charge in [0.2, 0.25) is 0 Å². The van der Waals surface area contributed by atoms with Crippen molar-refractivity contribution in [3.8, 4) is 33.4 Å². The van der Waals surface area contributed by atoms with Crippen molar-refractivity contribution in [3.05, 3.63) is 376 Å². The van der Waals surface area contributed by atoms with Crippen LogP contribution in [0.3, 0.4) is 0 Å². The molecular formula is C98H62N2S2. The minimum absolute atomic E-state index is 1.12. The first-order valence-electron chi connectivity index (χ1n) is 34.9. The average molecular weight is 1330 g/mol. The van der Waals surface area contributed by atoms with Gasteiger partial charge in [0, 0.05) is 74.2 Å². The lowest BCUT2D eigenvalue weighted by atomic mass is 9.96. The molecule has 0 fully saturated rings. The third-order valence-electron chi connectivity index (χ3n) is 20.8. The Hall–Kier alpha value is -12.7. The minimum Gasteiger partial charge on any atom is -0.310 e. The highest BCUT2D eigenvalue weighted by atomic mass is 32.1. The maximum Gasteiger partial charge on any atom is 0.0546 e. The summed E-state index contributed by atoms with van der Waals surface area (Å²) in [4.78, 5) is 4.84. The van der Waals surface area contributed by atoms with Crippen molar-refractivity contribution < 1.29 is 0 Å². The summed E-state index contributed by atoms with van der Waals surface area (Å²) in [6.07, 6.45) is 0. The zero-order valence-electron chi connectivity index (χ0n) is 55.5. The summed E-state index contributed by atoms with van der Waals surface area (Å²) >= 11 is 3.77. The van der Waals surface area contributed by atoms with Gasteiger partial charge in [-0.1, -0.05) is 297 Å². The highest BCUT2D eigenvalue weighted by molar-refractivity contribution is 7.27. The number of thiophene rings is 2. The largest absolute Gasteiger partial charge is 0.310 e. The van der Waals surface area contributed by atoms with Crippen LogP contribution >= 0.6 is 22.7 Å². The molecule has 0 amide bonds. The first kappa shape index (κ1) is 59.4. The molecule has 0 aliphatic rings. The van der Waals surface area contributed by atoms with Crippen molar-refractivity contribution in [2.45, 2.75) is 0 Å². The van der Waals surface area contributed by atoms with Crippen LogP contribution in [0.2, 0.25) is 0 Å². The zero-order chi connectivity index (χ0) is 67.2. The third-order valence-corrected chi connectivity index (χ3v) is 23.3. The van der Waals surface area contributed by atoms with Crippen molar-refractivity contribution in [1.29, 1.82) is 0 Å². The van der Waals surface area contributed by atoms with E-state index in [9.17, 15) is 0 Å². The Labute approximate surface area is 598 Å². The van der Waals surface area contributed by atoms with Crippen molar-refractivity contribution in [2.24, 2.45) is 0 Å². The fraction of sp³-hybridized carbons (Fsp3) is 0. The van der Waals surface area contributed by atoms with Crippen LogP contribution in [0.1, 0.15) is 0 Å². The van der Waals surface area contributed by atoms with Gasteiger partial charge in [-0.25, -0.2) is 0 Å². The number of hydrogen-bond acceptors (Lipinski definition) is 4. The lowest BCUT2D eigenvalue weighted by Gasteiger charge is -2.28. The second-order valence-corrected chi connectivity index (χ2v) is 28.7. The molecule has 19 aromatic carbocycles. The van der Waals surface area contributed by atoms with Gasteiger partial charge in [-0.15, -0.1) is 22.7 Å². The summed E-state index contributed by atoms with van der Waals surface area (Å²) < 4.78 is 5.36. The van der Waals surface area contributed by atoms with Gasteiger partial charge in [-0.2, -0.15) is 0 Å². The summed E-state index contributed by atoms with van der Waals surface area (Å²) in [6.45, 7) is 0. The van der Waals surface area contributed by atoms with Crippen LogP contribution in [-0.4, -0.2) is 0 Å². The minimum atomic E-state index is 1.12. The molecule has 102 heavy (non-hydrogen) atoms. The van der Waals surface area contributed by atoms with Crippen LogP contribution in [0.4, 0.5) is 34.1 Å². The van der Waals surface area contributed by atoms with E-state index in [4.69, 9.17) is 0 Å². The maximum atomic E-state index is 2.44.